The van der Waals surface area contributed by atoms with Gasteiger partial charge in [0, 0.05) is 30.7 Å². The Kier molecular flexibility index (Phi) is 3.14. The van der Waals surface area contributed by atoms with Gasteiger partial charge in [0.15, 0.2) is 0 Å². The molecule has 0 bridgehead atoms. The van der Waals surface area contributed by atoms with Gasteiger partial charge in [-0.2, -0.15) is 0 Å². The summed E-state index contributed by atoms with van der Waals surface area (Å²) in [6.45, 7) is 3.21. The van der Waals surface area contributed by atoms with E-state index >= 15 is 0 Å². The molecule has 0 atom stereocenters. The number of anilines is 1. The monoisotopic (exact) mass is 267 g/mol. The maximum Gasteiger partial charge on any atom is 0.255 e. The van der Waals surface area contributed by atoms with Crippen LogP contribution in [-0.4, -0.2) is 22.3 Å². The minimum atomic E-state index is 0.0198. The third kappa shape index (κ3) is 2.25. The van der Waals surface area contributed by atoms with Gasteiger partial charge in [0.05, 0.1) is 5.56 Å². The molecule has 0 aliphatic carbocycles. The van der Waals surface area contributed by atoms with Gasteiger partial charge in [0.25, 0.3) is 5.91 Å². The van der Waals surface area contributed by atoms with Gasteiger partial charge in [0.2, 0.25) is 0 Å². The smallest absolute Gasteiger partial charge is 0.255 e. The van der Waals surface area contributed by atoms with Crippen LogP contribution in [0.1, 0.15) is 27.2 Å². The SMILES string of the molecule is Cc1ccc(C(=O)N2CCc3cccc(N)c3C2)cn1. The number of nitrogen functional groups attached to an aromatic ring is 1. The summed E-state index contributed by atoms with van der Waals surface area (Å²) in [5.74, 6) is 0.0198. The van der Waals surface area contributed by atoms with Gasteiger partial charge in [-0.1, -0.05) is 12.1 Å². The number of rotatable bonds is 1. The highest BCUT2D eigenvalue weighted by Crippen LogP contribution is 2.25. The zero-order valence-corrected chi connectivity index (χ0v) is 11.5. The maximum atomic E-state index is 12.5. The Morgan fingerprint density at radius 1 is 1.30 bits per heavy atom. The third-order valence-electron chi connectivity index (χ3n) is 3.75. The fraction of sp³-hybridized carbons (Fsp3) is 0.250. The molecule has 20 heavy (non-hydrogen) atoms. The number of hydrogen-bond acceptors (Lipinski definition) is 3. The molecule has 1 aliphatic heterocycles. The zero-order valence-electron chi connectivity index (χ0n) is 11.5. The molecule has 102 valence electrons. The van der Waals surface area contributed by atoms with Crippen LogP contribution in [0.4, 0.5) is 5.69 Å². The Hall–Kier alpha value is -2.36. The van der Waals surface area contributed by atoms with Gasteiger partial charge in [0.1, 0.15) is 0 Å². The normalized spacial score (nSPS) is 13.9. The van der Waals surface area contributed by atoms with Gasteiger partial charge in [-0.3, -0.25) is 9.78 Å². The first-order valence-electron chi connectivity index (χ1n) is 6.73. The molecule has 0 unspecified atom stereocenters. The number of nitrogens with zero attached hydrogens (tertiary/aromatic N) is 2. The highest BCUT2D eigenvalue weighted by atomic mass is 16.2. The second kappa shape index (κ2) is 4.96. The predicted octanol–water partition coefficient (Wildman–Crippen LogP) is 2.17. The topological polar surface area (TPSA) is 59.2 Å². The van der Waals surface area contributed by atoms with Crippen LogP contribution < -0.4 is 5.73 Å². The Labute approximate surface area is 118 Å². The molecule has 2 heterocycles. The summed E-state index contributed by atoms with van der Waals surface area (Å²) < 4.78 is 0. The molecular formula is C16H17N3O. The number of aryl methyl sites for hydroxylation is 1. The largest absolute Gasteiger partial charge is 0.398 e. The number of nitrogens with two attached hydrogens (primary N) is 1. The van der Waals surface area contributed by atoms with E-state index in [1.54, 1.807) is 6.20 Å². The second-order valence-corrected chi connectivity index (χ2v) is 5.15. The lowest BCUT2D eigenvalue weighted by Crippen LogP contribution is -2.36. The van der Waals surface area contributed by atoms with Crippen molar-refractivity contribution in [1.82, 2.24) is 9.88 Å². The van der Waals surface area contributed by atoms with Crippen molar-refractivity contribution >= 4 is 11.6 Å². The Bertz CT molecular complexity index is 649. The summed E-state index contributed by atoms with van der Waals surface area (Å²) >= 11 is 0. The van der Waals surface area contributed by atoms with E-state index < -0.39 is 0 Å². The second-order valence-electron chi connectivity index (χ2n) is 5.15. The van der Waals surface area contributed by atoms with E-state index in [4.69, 9.17) is 5.73 Å². The lowest BCUT2D eigenvalue weighted by atomic mass is 9.97. The van der Waals surface area contributed by atoms with E-state index in [9.17, 15) is 4.79 Å². The Morgan fingerprint density at radius 2 is 2.15 bits per heavy atom. The molecule has 0 spiro atoms. The van der Waals surface area contributed by atoms with E-state index in [0.29, 0.717) is 12.1 Å². The molecule has 0 radical (unpaired) electrons. The van der Waals surface area contributed by atoms with Crippen molar-refractivity contribution in [3.63, 3.8) is 0 Å². The zero-order chi connectivity index (χ0) is 14.1. The standard InChI is InChI=1S/C16H17N3O/c1-11-5-6-13(9-18-11)16(20)19-8-7-12-3-2-4-15(17)14(12)10-19/h2-6,9H,7-8,10,17H2,1H3. The van der Waals surface area contributed by atoms with Crippen LogP contribution >= 0.6 is 0 Å². The first kappa shape index (κ1) is 12.7. The minimum absolute atomic E-state index is 0.0198. The first-order chi connectivity index (χ1) is 9.65. The van der Waals surface area contributed by atoms with Gasteiger partial charge in [-0.05, 0) is 42.7 Å². The summed E-state index contributed by atoms with van der Waals surface area (Å²) in [5.41, 5.74) is 10.6. The highest BCUT2D eigenvalue weighted by molar-refractivity contribution is 5.94. The summed E-state index contributed by atoms with van der Waals surface area (Å²) in [5, 5.41) is 0. The average molecular weight is 267 g/mol. The molecular weight excluding hydrogens is 250 g/mol. The first-order valence-corrected chi connectivity index (χ1v) is 6.73. The number of amides is 1. The number of carbonyl (C=O) groups excluding carboxylic acids is 1. The number of carbonyl (C=O) groups is 1. The van der Waals surface area contributed by atoms with E-state index in [0.717, 1.165) is 29.9 Å². The molecule has 4 nitrogen and oxygen atoms in total. The highest BCUT2D eigenvalue weighted by Gasteiger charge is 2.23. The number of aromatic nitrogens is 1. The van der Waals surface area contributed by atoms with Crippen molar-refractivity contribution in [2.24, 2.45) is 0 Å². The molecule has 2 aromatic rings. The summed E-state index contributed by atoms with van der Waals surface area (Å²) in [6.07, 6.45) is 2.49. The van der Waals surface area contributed by atoms with Crippen molar-refractivity contribution < 1.29 is 4.79 Å². The Balaban J connectivity index is 1.85. The van der Waals surface area contributed by atoms with E-state index in [1.807, 2.05) is 36.1 Å². The third-order valence-corrected chi connectivity index (χ3v) is 3.75. The lowest BCUT2D eigenvalue weighted by molar-refractivity contribution is 0.0735. The average Bonchev–Trinajstić information content (AvgIpc) is 2.47. The number of benzene rings is 1. The van der Waals surface area contributed by atoms with Gasteiger partial charge in [-0.25, -0.2) is 0 Å². The van der Waals surface area contributed by atoms with E-state index in [2.05, 4.69) is 11.1 Å². The molecule has 1 aromatic heterocycles. The van der Waals surface area contributed by atoms with Gasteiger partial charge >= 0.3 is 0 Å². The van der Waals surface area contributed by atoms with Crippen molar-refractivity contribution in [3.05, 3.63) is 58.9 Å². The molecule has 0 fully saturated rings. The van der Waals surface area contributed by atoms with Gasteiger partial charge < -0.3 is 10.6 Å². The summed E-state index contributed by atoms with van der Waals surface area (Å²) in [6, 6.07) is 9.63. The maximum absolute atomic E-state index is 12.5. The van der Waals surface area contributed by atoms with Crippen molar-refractivity contribution in [2.75, 3.05) is 12.3 Å². The summed E-state index contributed by atoms with van der Waals surface area (Å²) in [4.78, 5) is 18.5. The molecule has 0 saturated heterocycles. The van der Waals surface area contributed by atoms with Crippen molar-refractivity contribution in [1.29, 1.82) is 0 Å². The molecule has 1 amide bonds. The number of pyridine rings is 1. The summed E-state index contributed by atoms with van der Waals surface area (Å²) in [7, 11) is 0. The lowest BCUT2D eigenvalue weighted by Gasteiger charge is -2.29. The van der Waals surface area contributed by atoms with Crippen molar-refractivity contribution in [3.8, 4) is 0 Å². The Morgan fingerprint density at radius 3 is 2.90 bits per heavy atom. The molecule has 4 heteroatoms. The van der Waals surface area contributed by atoms with Crippen LogP contribution in [0.25, 0.3) is 0 Å². The molecule has 2 N–H and O–H groups in total. The molecule has 0 saturated carbocycles. The van der Waals surface area contributed by atoms with E-state index in [1.165, 1.54) is 5.56 Å². The van der Waals surface area contributed by atoms with Crippen LogP contribution in [0, 0.1) is 6.92 Å². The van der Waals surface area contributed by atoms with Crippen LogP contribution in [0.3, 0.4) is 0 Å². The van der Waals surface area contributed by atoms with E-state index in [-0.39, 0.29) is 5.91 Å². The molecule has 1 aliphatic rings. The number of hydrogen-bond donors (Lipinski definition) is 1. The number of fused-ring (bicyclic) bond motifs is 1. The molecule has 3 rings (SSSR count). The molecule has 1 aromatic carbocycles. The van der Waals surface area contributed by atoms with Crippen LogP contribution in [0.2, 0.25) is 0 Å². The van der Waals surface area contributed by atoms with Crippen LogP contribution in [0.15, 0.2) is 36.5 Å². The minimum Gasteiger partial charge on any atom is -0.398 e. The predicted molar refractivity (Wildman–Crippen MR) is 78.3 cm³/mol. The fourth-order valence-electron chi connectivity index (χ4n) is 2.56. The van der Waals surface area contributed by atoms with Crippen LogP contribution in [-0.2, 0) is 13.0 Å². The van der Waals surface area contributed by atoms with Crippen molar-refractivity contribution in [2.45, 2.75) is 19.9 Å². The van der Waals surface area contributed by atoms with Gasteiger partial charge in [-0.15, -0.1) is 0 Å². The quantitative estimate of drug-likeness (QED) is 0.806. The van der Waals surface area contributed by atoms with Crippen LogP contribution in [0.5, 0.6) is 0 Å². The fourth-order valence-corrected chi connectivity index (χ4v) is 2.56.